The maximum Gasteiger partial charge on any atom is 0.242 e. The normalized spacial score (nSPS) is 17.6. The minimum absolute atomic E-state index is 0.0592. The Morgan fingerprint density at radius 3 is 2.80 bits per heavy atom. The highest BCUT2D eigenvalue weighted by Gasteiger charge is 2.38. The van der Waals surface area contributed by atoms with Crippen molar-refractivity contribution in [3.8, 4) is 0 Å². The van der Waals surface area contributed by atoms with E-state index in [0.717, 1.165) is 11.3 Å². The summed E-state index contributed by atoms with van der Waals surface area (Å²) in [6, 6.07) is 14.7. The minimum atomic E-state index is -0.518. The van der Waals surface area contributed by atoms with Gasteiger partial charge in [0, 0.05) is 37.4 Å². The molecule has 0 spiro atoms. The fraction of sp³-hybridized carbons (Fsp3) is 0.318. The van der Waals surface area contributed by atoms with Crippen molar-refractivity contribution in [2.45, 2.75) is 25.0 Å². The molecule has 1 unspecified atom stereocenters. The molecule has 1 aliphatic heterocycles. The third-order valence-corrected chi connectivity index (χ3v) is 5.87. The summed E-state index contributed by atoms with van der Waals surface area (Å²) in [5.41, 5.74) is 2.48. The topological polar surface area (TPSA) is 71.0 Å². The summed E-state index contributed by atoms with van der Waals surface area (Å²) in [6.45, 7) is 3.04. The van der Waals surface area contributed by atoms with Crippen LogP contribution in [0.5, 0.6) is 0 Å². The molecule has 1 aliphatic rings. The Hall–Kier alpha value is -2.35. The van der Waals surface area contributed by atoms with Gasteiger partial charge in [0.05, 0.1) is 5.69 Å². The lowest BCUT2D eigenvalue weighted by Gasteiger charge is -2.16. The highest BCUT2D eigenvalue weighted by Crippen LogP contribution is 2.32. The molecule has 1 atom stereocenters. The monoisotopic (exact) mass is 445 g/mol. The van der Waals surface area contributed by atoms with E-state index < -0.39 is 5.25 Å². The number of nitrogens with one attached hydrogen (secondary N) is 1. The fourth-order valence-corrected chi connectivity index (χ4v) is 4.43. The van der Waals surface area contributed by atoms with Crippen molar-refractivity contribution in [3.63, 3.8) is 0 Å². The van der Waals surface area contributed by atoms with E-state index >= 15 is 0 Å². The quantitative estimate of drug-likeness (QED) is 0.600. The maximum absolute atomic E-state index is 13.0. The Kier molecular flexibility index (Phi) is 7.90. The van der Waals surface area contributed by atoms with Crippen LogP contribution in [0, 0.1) is 6.92 Å². The zero-order valence-corrected chi connectivity index (χ0v) is 18.5. The fourth-order valence-electron chi connectivity index (χ4n) is 3.05. The van der Waals surface area contributed by atoms with Crippen molar-refractivity contribution in [2.24, 2.45) is 4.99 Å². The molecule has 1 N–H and O–H groups in total. The van der Waals surface area contributed by atoms with Crippen LogP contribution in [-0.4, -0.2) is 47.4 Å². The molecule has 1 fully saturated rings. The molecule has 8 heteroatoms. The number of nitrogens with zero attached hydrogens (tertiary/aromatic N) is 2. The van der Waals surface area contributed by atoms with Gasteiger partial charge in [0.1, 0.15) is 5.25 Å². The maximum atomic E-state index is 13.0. The second kappa shape index (κ2) is 10.6. The molecule has 3 rings (SSSR count). The van der Waals surface area contributed by atoms with Crippen molar-refractivity contribution in [3.05, 3.63) is 59.1 Å². The number of carbonyl (C=O) groups excluding carboxylic acids is 2. The largest absolute Gasteiger partial charge is 0.385 e. The van der Waals surface area contributed by atoms with Gasteiger partial charge in [-0.1, -0.05) is 41.6 Å². The van der Waals surface area contributed by atoms with Crippen LogP contribution in [0.1, 0.15) is 18.4 Å². The van der Waals surface area contributed by atoms with E-state index in [2.05, 4.69) is 10.3 Å². The highest BCUT2D eigenvalue weighted by atomic mass is 35.5. The molecule has 0 aliphatic carbocycles. The average Bonchev–Trinajstić information content (AvgIpc) is 2.97. The van der Waals surface area contributed by atoms with Crippen molar-refractivity contribution >= 4 is 51.7 Å². The van der Waals surface area contributed by atoms with Crippen molar-refractivity contribution in [1.82, 2.24) is 4.90 Å². The van der Waals surface area contributed by atoms with Gasteiger partial charge in [0.15, 0.2) is 5.17 Å². The van der Waals surface area contributed by atoms with E-state index in [4.69, 9.17) is 16.3 Å². The third-order valence-electron chi connectivity index (χ3n) is 4.46. The number of methoxy groups -OCH3 is 1. The Labute approximate surface area is 185 Å². The number of rotatable bonds is 8. The van der Waals surface area contributed by atoms with Gasteiger partial charge >= 0.3 is 0 Å². The number of aryl methyl sites for hydroxylation is 1. The van der Waals surface area contributed by atoms with Gasteiger partial charge in [0.2, 0.25) is 11.8 Å². The first-order valence-electron chi connectivity index (χ1n) is 9.64. The van der Waals surface area contributed by atoms with E-state index in [9.17, 15) is 9.59 Å². The number of carbonyl (C=O) groups is 2. The Morgan fingerprint density at radius 1 is 1.27 bits per heavy atom. The number of halogens is 1. The molecular formula is C22H24ClN3O3S. The van der Waals surface area contributed by atoms with Crippen molar-refractivity contribution in [1.29, 1.82) is 0 Å². The lowest BCUT2D eigenvalue weighted by atomic mass is 10.2. The first-order chi connectivity index (χ1) is 14.5. The van der Waals surface area contributed by atoms with Gasteiger partial charge in [0.25, 0.3) is 0 Å². The minimum Gasteiger partial charge on any atom is -0.385 e. The number of amides is 2. The number of thioether (sulfide) groups is 1. The van der Waals surface area contributed by atoms with Crippen LogP contribution < -0.4 is 5.32 Å². The Morgan fingerprint density at radius 2 is 2.07 bits per heavy atom. The van der Waals surface area contributed by atoms with Crippen LogP contribution in [0.25, 0.3) is 0 Å². The number of aliphatic imine (C=N–C) groups is 1. The van der Waals surface area contributed by atoms with Gasteiger partial charge in [-0.2, -0.15) is 0 Å². The molecule has 30 heavy (non-hydrogen) atoms. The number of amidine groups is 1. The van der Waals surface area contributed by atoms with Gasteiger partial charge < -0.3 is 10.1 Å². The summed E-state index contributed by atoms with van der Waals surface area (Å²) in [5, 5.41) is 3.43. The summed E-state index contributed by atoms with van der Waals surface area (Å²) in [4.78, 5) is 31.8. The van der Waals surface area contributed by atoms with E-state index in [1.165, 1.54) is 11.8 Å². The van der Waals surface area contributed by atoms with Crippen LogP contribution in [0.4, 0.5) is 11.4 Å². The molecule has 0 bridgehead atoms. The second-order valence-corrected chi connectivity index (χ2v) is 8.55. The van der Waals surface area contributed by atoms with Crippen molar-refractivity contribution < 1.29 is 14.3 Å². The predicted molar refractivity (Wildman–Crippen MR) is 123 cm³/mol. The second-order valence-electron chi connectivity index (χ2n) is 6.94. The number of hydrogen-bond donors (Lipinski definition) is 1. The van der Waals surface area contributed by atoms with Crippen LogP contribution >= 0.6 is 23.4 Å². The molecule has 0 radical (unpaired) electrons. The zero-order chi connectivity index (χ0) is 21.5. The molecule has 2 aromatic rings. The first-order valence-corrected chi connectivity index (χ1v) is 10.9. The summed E-state index contributed by atoms with van der Waals surface area (Å²) >= 11 is 7.29. The highest BCUT2D eigenvalue weighted by molar-refractivity contribution is 8.15. The molecule has 1 heterocycles. The number of benzene rings is 2. The van der Waals surface area contributed by atoms with Gasteiger partial charge in [-0.25, -0.2) is 4.99 Å². The van der Waals surface area contributed by atoms with Gasteiger partial charge in [-0.05, 0) is 49.2 Å². The SMILES string of the molecule is COCCCN1C(=O)C(CC(=O)Nc2cccc(Cl)c2)SC1=Nc1cccc(C)c1. The Bertz CT molecular complexity index is 951. The van der Waals surface area contributed by atoms with E-state index in [-0.39, 0.29) is 18.2 Å². The molecule has 2 aromatic carbocycles. The van der Waals surface area contributed by atoms with Crippen LogP contribution in [-0.2, 0) is 14.3 Å². The van der Waals surface area contributed by atoms with Crippen LogP contribution in [0.2, 0.25) is 5.02 Å². The van der Waals surface area contributed by atoms with Crippen molar-refractivity contribution in [2.75, 3.05) is 25.6 Å². The average molecular weight is 446 g/mol. The van der Waals surface area contributed by atoms with Gasteiger partial charge in [-0.15, -0.1) is 0 Å². The first kappa shape index (κ1) is 22.3. The van der Waals surface area contributed by atoms with E-state index in [1.807, 2.05) is 31.2 Å². The number of ether oxygens (including phenoxy) is 1. The summed E-state index contributed by atoms with van der Waals surface area (Å²) in [7, 11) is 1.63. The van der Waals surface area contributed by atoms with Gasteiger partial charge in [-0.3, -0.25) is 14.5 Å². The molecule has 0 saturated carbocycles. The molecule has 6 nitrogen and oxygen atoms in total. The standard InChI is InChI=1S/C22H24ClN3O3S/c1-15-6-3-8-17(12-15)25-22-26(10-5-11-29-2)21(28)19(30-22)14-20(27)24-18-9-4-7-16(23)13-18/h3-4,6-9,12-13,19H,5,10-11,14H2,1-2H3,(H,24,27). The number of anilines is 1. The predicted octanol–water partition coefficient (Wildman–Crippen LogP) is 4.65. The zero-order valence-electron chi connectivity index (χ0n) is 16.9. The molecule has 1 saturated heterocycles. The summed E-state index contributed by atoms with van der Waals surface area (Å²) < 4.78 is 5.11. The Balaban J connectivity index is 1.73. The lowest BCUT2D eigenvalue weighted by molar-refractivity contribution is -0.128. The molecule has 158 valence electrons. The lowest BCUT2D eigenvalue weighted by Crippen LogP contribution is -2.34. The summed E-state index contributed by atoms with van der Waals surface area (Å²) in [6.07, 6.45) is 0.751. The number of hydrogen-bond acceptors (Lipinski definition) is 5. The summed E-state index contributed by atoms with van der Waals surface area (Å²) in [5.74, 6) is -0.347. The third kappa shape index (κ3) is 6.08. The smallest absolute Gasteiger partial charge is 0.242 e. The van der Waals surface area contributed by atoms with Crippen LogP contribution in [0.15, 0.2) is 53.5 Å². The molecule has 0 aromatic heterocycles. The van der Waals surface area contributed by atoms with E-state index in [1.54, 1.807) is 36.3 Å². The molecular weight excluding hydrogens is 422 g/mol. The molecule has 2 amide bonds. The van der Waals surface area contributed by atoms with E-state index in [0.29, 0.717) is 35.5 Å². The van der Waals surface area contributed by atoms with Crippen LogP contribution in [0.3, 0.4) is 0 Å².